The van der Waals surface area contributed by atoms with Gasteiger partial charge in [-0.15, -0.1) is 0 Å². The van der Waals surface area contributed by atoms with Crippen LogP contribution >= 0.6 is 0 Å². The molecule has 0 saturated heterocycles. The number of hydrogen-bond donors (Lipinski definition) is 0. The first kappa shape index (κ1) is 9.20. The van der Waals surface area contributed by atoms with E-state index in [1.165, 1.54) is 0 Å². The summed E-state index contributed by atoms with van der Waals surface area (Å²) < 4.78 is 5.26. The summed E-state index contributed by atoms with van der Waals surface area (Å²) in [5.74, 6) is 0.115. The van der Waals surface area contributed by atoms with Gasteiger partial charge < -0.3 is 4.74 Å². The Labute approximate surface area is 72.9 Å². The number of ketones is 1. The summed E-state index contributed by atoms with van der Waals surface area (Å²) in [6.45, 7) is 5.57. The molecule has 0 atom stereocenters. The molecule has 0 heterocycles. The Kier molecular flexibility index (Phi) is 2.20. The normalized spacial score (nSPS) is 21.8. The van der Waals surface area contributed by atoms with Crippen LogP contribution in [-0.2, 0) is 9.53 Å². The van der Waals surface area contributed by atoms with Crippen LogP contribution in [0.15, 0.2) is 23.3 Å². The Balaban J connectivity index is 3.07. The van der Waals surface area contributed by atoms with Crippen molar-refractivity contribution in [3.63, 3.8) is 0 Å². The molecule has 0 radical (unpaired) electrons. The Morgan fingerprint density at radius 1 is 1.25 bits per heavy atom. The molecule has 0 N–H and O–H groups in total. The number of ether oxygens (including phenoxy) is 1. The quantitative estimate of drug-likeness (QED) is 0.594. The van der Waals surface area contributed by atoms with Crippen LogP contribution in [0.1, 0.15) is 20.8 Å². The number of carbonyl (C=O) groups is 1. The van der Waals surface area contributed by atoms with Gasteiger partial charge in [-0.25, -0.2) is 0 Å². The molecule has 0 amide bonds. The molecule has 0 saturated carbocycles. The average molecular weight is 166 g/mol. The predicted octanol–water partition coefficient (Wildman–Crippen LogP) is 1.87. The van der Waals surface area contributed by atoms with E-state index in [1.807, 2.05) is 32.9 Å². The fourth-order valence-corrected chi connectivity index (χ4v) is 1.46. The predicted molar refractivity (Wildman–Crippen MR) is 47.9 cm³/mol. The third kappa shape index (κ3) is 1.48. The van der Waals surface area contributed by atoms with Crippen molar-refractivity contribution >= 4 is 5.78 Å². The van der Waals surface area contributed by atoms with Crippen molar-refractivity contribution in [3.05, 3.63) is 23.3 Å². The van der Waals surface area contributed by atoms with Crippen LogP contribution in [0.4, 0.5) is 0 Å². The first-order valence-corrected chi connectivity index (χ1v) is 3.97. The van der Waals surface area contributed by atoms with E-state index in [-0.39, 0.29) is 5.78 Å². The van der Waals surface area contributed by atoms with Gasteiger partial charge >= 0.3 is 0 Å². The number of allylic oxidation sites excluding steroid dienone is 2. The van der Waals surface area contributed by atoms with Crippen molar-refractivity contribution in [2.75, 3.05) is 7.11 Å². The van der Waals surface area contributed by atoms with Crippen LogP contribution in [0.25, 0.3) is 0 Å². The minimum atomic E-state index is -0.401. The second kappa shape index (κ2) is 2.87. The number of hydrogen-bond acceptors (Lipinski definition) is 2. The van der Waals surface area contributed by atoms with Crippen molar-refractivity contribution in [2.24, 2.45) is 0 Å². The third-order valence-corrected chi connectivity index (χ3v) is 2.16. The van der Waals surface area contributed by atoms with Crippen LogP contribution in [-0.4, -0.2) is 18.5 Å². The summed E-state index contributed by atoms with van der Waals surface area (Å²) in [5.41, 5.74) is 1.13. The van der Waals surface area contributed by atoms with Gasteiger partial charge in [0.15, 0.2) is 5.78 Å². The third-order valence-electron chi connectivity index (χ3n) is 2.16. The van der Waals surface area contributed by atoms with Gasteiger partial charge in [0, 0.05) is 7.11 Å². The molecule has 0 spiro atoms. The molecule has 2 heteroatoms. The number of carbonyl (C=O) groups excluding carboxylic acids is 1. The van der Waals surface area contributed by atoms with Gasteiger partial charge in [-0.05, 0) is 44.1 Å². The van der Waals surface area contributed by atoms with Gasteiger partial charge in [0.25, 0.3) is 0 Å². The molecule has 0 aromatic rings. The van der Waals surface area contributed by atoms with E-state index < -0.39 is 5.60 Å². The molecule has 1 aliphatic rings. The maximum atomic E-state index is 11.3. The summed E-state index contributed by atoms with van der Waals surface area (Å²) in [4.78, 5) is 11.3. The highest BCUT2D eigenvalue weighted by Gasteiger charge is 2.25. The van der Waals surface area contributed by atoms with Gasteiger partial charge in [-0.3, -0.25) is 4.79 Å². The maximum absolute atomic E-state index is 11.3. The van der Waals surface area contributed by atoms with Crippen LogP contribution in [0, 0.1) is 0 Å². The lowest BCUT2D eigenvalue weighted by Gasteiger charge is -2.25. The van der Waals surface area contributed by atoms with E-state index in [2.05, 4.69) is 0 Å². The fraction of sp³-hybridized carbons (Fsp3) is 0.500. The summed E-state index contributed by atoms with van der Waals surface area (Å²) in [5, 5.41) is 0. The smallest absolute Gasteiger partial charge is 0.184 e. The second-order valence-corrected chi connectivity index (χ2v) is 3.37. The highest BCUT2D eigenvalue weighted by Crippen LogP contribution is 2.24. The fourth-order valence-electron chi connectivity index (χ4n) is 1.46. The molecule has 12 heavy (non-hydrogen) atoms. The van der Waals surface area contributed by atoms with Gasteiger partial charge in [-0.2, -0.15) is 0 Å². The van der Waals surface area contributed by atoms with E-state index in [1.54, 1.807) is 7.11 Å². The van der Waals surface area contributed by atoms with Gasteiger partial charge in [0.2, 0.25) is 0 Å². The number of rotatable bonds is 1. The molecule has 0 aromatic carbocycles. The average Bonchev–Trinajstić information content (AvgIpc) is 2.00. The zero-order valence-electron chi connectivity index (χ0n) is 7.97. The lowest BCUT2D eigenvalue weighted by Crippen LogP contribution is -2.27. The van der Waals surface area contributed by atoms with E-state index >= 15 is 0 Å². The molecule has 0 fully saturated rings. The maximum Gasteiger partial charge on any atom is 0.184 e. The first-order chi connectivity index (χ1) is 5.48. The van der Waals surface area contributed by atoms with Gasteiger partial charge in [0.05, 0.1) is 0 Å². The molecule has 1 rings (SSSR count). The van der Waals surface area contributed by atoms with Crippen molar-refractivity contribution in [2.45, 2.75) is 26.4 Å². The van der Waals surface area contributed by atoms with E-state index in [0.717, 1.165) is 11.1 Å². The zero-order valence-corrected chi connectivity index (χ0v) is 7.97. The van der Waals surface area contributed by atoms with E-state index in [9.17, 15) is 4.79 Å². The summed E-state index contributed by atoms with van der Waals surface area (Å²) in [6.07, 6.45) is 3.70. The van der Waals surface area contributed by atoms with Crippen molar-refractivity contribution in [1.29, 1.82) is 0 Å². The number of Topliss-reactive ketones (excluding diaryl/α,β-unsaturated/α-hetero) is 1. The second-order valence-electron chi connectivity index (χ2n) is 3.37. The SMILES string of the molecule is COC1(C)C=C(C)C(=O)C(C)=C1. The van der Waals surface area contributed by atoms with Crippen molar-refractivity contribution in [3.8, 4) is 0 Å². The summed E-state index contributed by atoms with van der Waals surface area (Å²) in [7, 11) is 1.64. The molecule has 0 aromatic heterocycles. The summed E-state index contributed by atoms with van der Waals surface area (Å²) >= 11 is 0. The Morgan fingerprint density at radius 3 is 2.00 bits per heavy atom. The minimum Gasteiger partial charge on any atom is -0.370 e. The van der Waals surface area contributed by atoms with Crippen LogP contribution in [0.2, 0.25) is 0 Å². The summed E-state index contributed by atoms with van der Waals surface area (Å²) in [6, 6.07) is 0. The Hall–Kier alpha value is -0.890. The molecule has 2 nitrogen and oxygen atoms in total. The van der Waals surface area contributed by atoms with Crippen LogP contribution in [0.3, 0.4) is 0 Å². The standard InChI is InChI=1S/C10H14O2/c1-7-5-10(3,12-4)6-8(2)9(7)11/h5-6H,1-4H3. The first-order valence-electron chi connectivity index (χ1n) is 3.97. The molecule has 0 aliphatic heterocycles. The van der Waals surface area contributed by atoms with Gasteiger partial charge in [-0.1, -0.05) is 0 Å². The van der Waals surface area contributed by atoms with E-state index in [4.69, 9.17) is 4.74 Å². The van der Waals surface area contributed by atoms with Crippen molar-refractivity contribution in [1.82, 2.24) is 0 Å². The molecular formula is C10H14O2. The highest BCUT2D eigenvalue weighted by molar-refractivity contribution is 6.08. The van der Waals surface area contributed by atoms with Crippen LogP contribution in [0.5, 0.6) is 0 Å². The largest absolute Gasteiger partial charge is 0.370 e. The van der Waals surface area contributed by atoms with Crippen molar-refractivity contribution < 1.29 is 9.53 Å². The minimum absolute atomic E-state index is 0.115. The highest BCUT2D eigenvalue weighted by atomic mass is 16.5. The Morgan fingerprint density at radius 2 is 1.67 bits per heavy atom. The van der Waals surface area contributed by atoms with E-state index in [0.29, 0.717) is 0 Å². The molecule has 0 bridgehead atoms. The van der Waals surface area contributed by atoms with Crippen LogP contribution < -0.4 is 0 Å². The monoisotopic (exact) mass is 166 g/mol. The lowest BCUT2D eigenvalue weighted by molar-refractivity contribution is -0.112. The molecule has 0 unspecified atom stereocenters. The number of methoxy groups -OCH3 is 1. The molecule has 66 valence electrons. The van der Waals surface area contributed by atoms with Gasteiger partial charge in [0.1, 0.15) is 5.60 Å². The lowest BCUT2D eigenvalue weighted by atomic mass is 9.90. The zero-order chi connectivity index (χ0) is 9.35. The molecular weight excluding hydrogens is 152 g/mol. The topological polar surface area (TPSA) is 26.3 Å². The Bertz CT molecular complexity index is 250. The molecule has 1 aliphatic carbocycles.